The normalized spacial score (nSPS) is 9.60. The van der Waals surface area contributed by atoms with Crippen LogP contribution in [0, 0.1) is 13.8 Å². The van der Waals surface area contributed by atoms with Gasteiger partial charge >= 0.3 is 5.63 Å². The molecule has 1 aromatic heterocycles. The van der Waals surface area contributed by atoms with Crippen LogP contribution in [0.5, 0.6) is 0 Å². The quantitative estimate of drug-likeness (QED) is 0.658. The molecule has 0 amide bonds. The minimum Gasteiger partial charge on any atom is -0.431 e. The summed E-state index contributed by atoms with van der Waals surface area (Å²) in [5.41, 5.74) is 2.05. The summed E-state index contributed by atoms with van der Waals surface area (Å²) in [5, 5.41) is 1.60. The molecule has 0 spiro atoms. The second-order valence-electron chi connectivity index (χ2n) is 3.23. The number of aryl methyl sites for hydroxylation is 2. The van der Waals surface area contributed by atoms with E-state index in [0.29, 0.717) is 5.39 Å². The molecule has 2 rings (SSSR count). The molecule has 2 heteroatoms. The highest BCUT2D eigenvalue weighted by Crippen LogP contribution is 2.15. The second kappa shape index (κ2) is 4.78. The van der Waals surface area contributed by atoms with Crippen LogP contribution < -0.4 is 5.63 Å². The van der Waals surface area contributed by atoms with Gasteiger partial charge in [0.1, 0.15) is 0 Å². The summed E-state index contributed by atoms with van der Waals surface area (Å²) in [6.07, 6.45) is 1.43. The summed E-state index contributed by atoms with van der Waals surface area (Å²) in [6.45, 7) is 8.02. The molecule has 2 nitrogen and oxygen atoms in total. The lowest BCUT2D eigenvalue weighted by molar-refractivity contribution is 0.519. The van der Waals surface area contributed by atoms with Crippen molar-refractivity contribution in [2.45, 2.75) is 27.7 Å². The smallest absolute Gasteiger partial charge is 0.343 e. The first-order valence-electron chi connectivity index (χ1n) is 5.17. The van der Waals surface area contributed by atoms with E-state index in [1.807, 2.05) is 45.9 Å². The predicted molar refractivity (Wildman–Crippen MR) is 63.3 cm³/mol. The highest BCUT2D eigenvalue weighted by Gasteiger charge is 2.01. The Bertz CT molecular complexity index is 509. The van der Waals surface area contributed by atoms with Gasteiger partial charge in [-0.1, -0.05) is 19.9 Å². The minimum absolute atomic E-state index is 0.263. The van der Waals surface area contributed by atoms with Crippen molar-refractivity contribution in [2.75, 3.05) is 0 Å². The fraction of sp³-hybridized carbons (Fsp3) is 0.308. The van der Waals surface area contributed by atoms with Gasteiger partial charge in [0.25, 0.3) is 0 Å². The van der Waals surface area contributed by atoms with Crippen molar-refractivity contribution in [1.29, 1.82) is 0 Å². The van der Waals surface area contributed by atoms with Gasteiger partial charge in [-0.2, -0.15) is 0 Å². The van der Waals surface area contributed by atoms with Crippen molar-refractivity contribution < 1.29 is 4.42 Å². The highest BCUT2D eigenvalue weighted by atomic mass is 16.4. The zero-order chi connectivity index (χ0) is 11.4. The van der Waals surface area contributed by atoms with Gasteiger partial charge in [-0.25, -0.2) is 4.79 Å². The standard InChI is InChI=1S/C11H10O2.C2H6/c1-7-5-9-3-4-13-11(12)10(9)6-8(7)2;1-2/h3-6H,1-2H3;1-2H3. The zero-order valence-corrected chi connectivity index (χ0v) is 9.63. The molecule has 0 bridgehead atoms. The summed E-state index contributed by atoms with van der Waals surface area (Å²) in [4.78, 5) is 11.3. The van der Waals surface area contributed by atoms with E-state index in [0.717, 1.165) is 10.9 Å². The number of hydrogen-bond donors (Lipinski definition) is 0. The Kier molecular flexibility index (Phi) is 3.67. The Morgan fingerprint density at radius 1 is 1.07 bits per heavy atom. The Morgan fingerprint density at radius 2 is 1.67 bits per heavy atom. The molecular weight excluding hydrogens is 188 g/mol. The number of benzene rings is 1. The minimum atomic E-state index is -0.263. The molecule has 0 N–H and O–H groups in total. The van der Waals surface area contributed by atoms with Crippen molar-refractivity contribution in [3.63, 3.8) is 0 Å². The highest BCUT2D eigenvalue weighted by molar-refractivity contribution is 5.82. The average Bonchev–Trinajstić information content (AvgIpc) is 2.24. The third-order valence-corrected chi connectivity index (χ3v) is 2.31. The van der Waals surface area contributed by atoms with Gasteiger partial charge in [0, 0.05) is 0 Å². The molecule has 1 heterocycles. The van der Waals surface area contributed by atoms with Crippen molar-refractivity contribution in [1.82, 2.24) is 0 Å². The van der Waals surface area contributed by atoms with E-state index in [9.17, 15) is 4.79 Å². The maximum Gasteiger partial charge on any atom is 0.343 e. The number of rotatable bonds is 0. The van der Waals surface area contributed by atoms with E-state index < -0.39 is 0 Å². The zero-order valence-electron chi connectivity index (χ0n) is 9.63. The summed E-state index contributed by atoms with van der Waals surface area (Å²) < 4.78 is 4.78. The van der Waals surface area contributed by atoms with E-state index in [-0.39, 0.29) is 5.63 Å². The fourth-order valence-electron chi connectivity index (χ4n) is 1.39. The summed E-state index contributed by atoms with van der Waals surface area (Å²) in [6, 6.07) is 5.68. The lowest BCUT2D eigenvalue weighted by atomic mass is 10.1. The molecule has 0 saturated heterocycles. The summed E-state index contributed by atoms with van der Waals surface area (Å²) in [7, 11) is 0. The molecule has 2 aromatic rings. The van der Waals surface area contributed by atoms with Crippen molar-refractivity contribution in [3.05, 3.63) is 46.0 Å². The predicted octanol–water partition coefficient (Wildman–Crippen LogP) is 3.44. The second-order valence-corrected chi connectivity index (χ2v) is 3.23. The SMILES string of the molecule is CC.Cc1cc2ccoc(=O)c2cc1C. The van der Waals surface area contributed by atoms with E-state index in [4.69, 9.17) is 4.42 Å². The lowest BCUT2D eigenvalue weighted by Crippen LogP contribution is -1.98. The van der Waals surface area contributed by atoms with Crippen LogP contribution in [-0.4, -0.2) is 0 Å². The van der Waals surface area contributed by atoms with Crippen LogP contribution in [0.3, 0.4) is 0 Å². The van der Waals surface area contributed by atoms with Crippen LogP contribution >= 0.6 is 0 Å². The Labute approximate surface area is 89.5 Å². The van der Waals surface area contributed by atoms with Crippen molar-refractivity contribution >= 4 is 10.8 Å². The van der Waals surface area contributed by atoms with Gasteiger partial charge in [-0.15, -0.1) is 0 Å². The molecule has 80 valence electrons. The maximum absolute atomic E-state index is 11.3. The monoisotopic (exact) mass is 204 g/mol. The van der Waals surface area contributed by atoms with Crippen molar-refractivity contribution in [3.8, 4) is 0 Å². The van der Waals surface area contributed by atoms with Crippen LogP contribution in [-0.2, 0) is 0 Å². The first kappa shape index (κ1) is 11.5. The Hall–Kier alpha value is -1.57. The van der Waals surface area contributed by atoms with Crippen molar-refractivity contribution in [2.24, 2.45) is 0 Å². The lowest BCUT2D eigenvalue weighted by Gasteiger charge is -2.01. The maximum atomic E-state index is 11.3. The fourth-order valence-corrected chi connectivity index (χ4v) is 1.39. The van der Waals surface area contributed by atoms with E-state index in [1.165, 1.54) is 11.8 Å². The van der Waals surface area contributed by atoms with Crippen LogP contribution in [0.25, 0.3) is 10.8 Å². The molecule has 0 saturated carbocycles. The Morgan fingerprint density at radius 3 is 2.33 bits per heavy atom. The molecule has 0 atom stereocenters. The first-order chi connectivity index (χ1) is 7.18. The number of fused-ring (bicyclic) bond motifs is 1. The molecule has 0 aliphatic rings. The van der Waals surface area contributed by atoms with Gasteiger partial charge in [0.2, 0.25) is 0 Å². The van der Waals surface area contributed by atoms with Crippen LogP contribution in [0.4, 0.5) is 0 Å². The summed E-state index contributed by atoms with van der Waals surface area (Å²) >= 11 is 0. The van der Waals surface area contributed by atoms with E-state index >= 15 is 0 Å². The molecule has 0 fully saturated rings. The molecule has 0 aliphatic carbocycles. The first-order valence-corrected chi connectivity index (χ1v) is 5.17. The van der Waals surface area contributed by atoms with Crippen LogP contribution in [0.1, 0.15) is 25.0 Å². The van der Waals surface area contributed by atoms with Crippen LogP contribution in [0.15, 0.2) is 33.7 Å². The third kappa shape index (κ3) is 2.27. The number of hydrogen-bond acceptors (Lipinski definition) is 2. The van der Waals surface area contributed by atoms with Gasteiger partial charge in [-0.05, 0) is 42.5 Å². The molecule has 1 aromatic carbocycles. The van der Waals surface area contributed by atoms with E-state index in [1.54, 1.807) is 0 Å². The molecule has 15 heavy (non-hydrogen) atoms. The van der Waals surface area contributed by atoms with Gasteiger partial charge in [0.15, 0.2) is 0 Å². The van der Waals surface area contributed by atoms with Gasteiger partial charge < -0.3 is 4.42 Å². The average molecular weight is 204 g/mol. The Balaban J connectivity index is 0.000000531. The van der Waals surface area contributed by atoms with Gasteiger partial charge in [-0.3, -0.25) is 0 Å². The topological polar surface area (TPSA) is 30.2 Å². The molecule has 0 aliphatic heterocycles. The summed E-state index contributed by atoms with van der Waals surface area (Å²) in [5.74, 6) is 0. The van der Waals surface area contributed by atoms with Crippen LogP contribution in [0.2, 0.25) is 0 Å². The third-order valence-electron chi connectivity index (χ3n) is 2.31. The van der Waals surface area contributed by atoms with E-state index in [2.05, 4.69) is 0 Å². The van der Waals surface area contributed by atoms with Gasteiger partial charge in [0.05, 0.1) is 11.6 Å². The largest absolute Gasteiger partial charge is 0.431 e. The molecule has 0 radical (unpaired) electrons. The molecule has 0 unspecified atom stereocenters. The molecular formula is C13H16O2.